The van der Waals surface area contributed by atoms with Crippen LogP contribution in [0.2, 0.25) is 15.2 Å². The number of fused-ring (bicyclic) bond motifs is 1. The summed E-state index contributed by atoms with van der Waals surface area (Å²) in [6, 6.07) is 3.20. The van der Waals surface area contributed by atoms with Gasteiger partial charge >= 0.3 is 12.1 Å². The van der Waals surface area contributed by atoms with Gasteiger partial charge in [-0.3, -0.25) is 0 Å². The summed E-state index contributed by atoms with van der Waals surface area (Å²) in [5.41, 5.74) is -1.46. The zero-order valence-electron chi connectivity index (χ0n) is 21.7. The number of carboxylic acid groups (broad SMARTS) is 1. The average molecular weight is 691 g/mol. The number of anilines is 1. The second-order valence-electron chi connectivity index (χ2n) is 7.52. The number of rotatable bonds is 9. The molecule has 0 fully saturated rings. The summed E-state index contributed by atoms with van der Waals surface area (Å²) >= 11 is 16.8. The van der Waals surface area contributed by atoms with E-state index >= 15 is 0 Å². The van der Waals surface area contributed by atoms with Gasteiger partial charge in [-0.25, -0.2) is 22.9 Å². The highest BCUT2D eigenvalue weighted by atomic mass is 35.5. The number of alkyl halides is 3. The number of sulfonamides is 1. The van der Waals surface area contributed by atoms with Gasteiger partial charge in [-0.15, -0.1) is 5.10 Å². The highest BCUT2D eigenvalue weighted by Crippen LogP contribution is 2.38. The number of carbonyl (C=O) groups is 1. The summed E-state index contributed by atoms with van der Waals surface area (Å²) in [5, 5.41) is 12.5. The van der Waals surface area contributed by atoms with Crippen molar-refractivity contribution in [2.24, 2.45) is 0 Å². The largest absolute Gasteiger partial charge is 0.481 e. The Hall–Kier alpha value is -4.07. The van der Waals surface area contributed by atoms with Gasteiger partial charge < -0.3 is 24.1 Å². The van der Waals surface area contributed by atoms with Crippen LogP contribution < -0.4 is 23.7 Å². The minimum absolute atomic E-state index is 0.0106. The molecule has 4 aromatic heterocycles. The van der Waals surface area contributed by atoms with E-state index in [2.05, 4.69) is 25.0 Å². The summed E-state index contributed by atoms with van der Waals surface area (Å²) in [4.78, 5) is 24.0. The quantitative estimate of drug-likeness (QED) is 0.241. The van der Waals surface area contributed by atoms with Crippen LogP contribution in [0.3, 0.4) is 0 Å². The minimum atomic E-state index is -4.98. The number of methoxy groups -OCH3 is 3. The number of pyridine rings is 2. The molecule has 0 saturated heterocycles. The van der Waals surface area contributed by atoms with Gasteiger partial charge in [0.15, 0.2) is 16.7 Å². The molecule has 0 aliphatic carbocycles. The molecule has 43 heavy (non-hydrogen) atoms. The summed E-state index contributed by atoms with van der Waals surface area (Å²) in [6.07, 6.45) is -4.20. The highest BCUT2D eigenvalue weighted by Gasteiger charge is 2.40. The van der Waals surface area contributed by atoms with Crippen molar-refractivity contribution in [2.45, 2.75) is 11.1 Å². The van der Waals surface area contributed by atoms with Crippen molar-refractivity contribution < 1.29 is 50.4 Å². The predicted molar refractivity (Wildman–Crippen MR) is 143 cm³/mol. The number of nitrogens with zero attached hydrogens (tertiary/aromatic N) is 6. The van der Waals surface area contributed by atoms with Crippen LogP contribution in [-0.4, -0.2) is 77.0 Å². The number of aromatic nitrogens is 6. The van der Waals surface area contributed by atoms with Gasteiger partial charge in [0.25, 0.3) is 21.7 Å². The maximum absolute atomic E-state index is 13.3. The molecule has 0 amide bonds. The fraction of sp³-hybridized carbons (Fsp3) is 0.238. The molecule has 0 atom stereocenters. The lowest BCUT2D eigenvalue weighted by Gasteiger charge is -2.15. The zero-order chi connectivity index (χ0) is 32.1. The van der Waals surface area contributed by atoms with Crippen LogP contribution in [0, 0.1) is 0 Å². The van der Waals surface area contributed by atoms with Gasteiger partial charge in [-0.05, 0) is 12.1 Å². The maximum Gasteiger partial charge on any atom is 0.418 e. The number of ether oxygens (including phenoxy) is 4. The van der Waals surface area contributed by atoms with Crippen LogP contribution in [0.4, 0.5) is 19.1 Å². The Morgan fingerprint density at radius 1 is 1.02 bits per heavy atom. The van der Waals surface area contributed by atoms with Gasteiger partial charge in [-0.2, -0.15) is 32.6 Å². The fourth-order valence-electron chi connectivity index (χ4n) is 3.00. The Morgan fingerprint density at radius 2 is 1.72 bits per heavy atom. The zero-order valence-corrected chi connectivity index (χ0v) is 24.8. The number of hydrogen-bond acceptors (Lipinski definition) is 12. The highest BCUT2D eigenvalue weighted by molar-refractivity contribution is 7.92. The average Bonchev–Trinajstić information content (AvgIpc) is 3.34. The molecule has 15 nitrogen and oxygen atoms in total. The molecule has 4 heterocycles. The number of aliphatic carboxylic acids is 1. The van der Waals surface area contributed by atoms with Gasteiger partial charge in [0.05, 0.1) is 38.0 Å². The Balaban J connectivity index is 0.000000303. The van der Waals surface area contributed by atoms with Gasteiger partial charge in [0, 0.05) is 6.20 Å². The molecule has 0 aliphatic heterocycles. The molecule has 2 N–H and O–H groups in total. The molecule has 0 unspecified atom stereocenters. The van der Waals surface area contributed by atoms with Crippen LogP contribution in [-0.2, 0) is 21.0 Å². The number of carboxylic acids is 1. The standard InChI is InChI=1S/C14H13F3N6O5S.C7H4Cl3NO3/c1-26-8-6-9(27-2)23-13(19-8)20-12(21-23)22-29(24,25)10-7(14(15,16)17)4-5-18-11(10)28-3;8-3-1-4(9)7(11-6(3)10)14-2-5(12)13/h4-6H,1-3H3,(H,21,22);1H,2H2,(H,12,13). The first-order chi connectivity index (χ1) is 20.1. The smallest absolute Gasteiger partial charge is 0.418 e. The third-order valence-electron chi connectivity index (χ3n) is 4.73. The number of nitrogens with one attached hydrogen (secondary N) is 1. The Bertz CT molecular complexity index is 1760. The Kier molecular flexibility index (Phi) is 10.5. The van der Waals surface area contributed by atoms with Crippen LogP contribution in [0.5, 0.6) is 23.5 Å². The Morgan fingerprint density at radius 3 is 2.30 bits per heavy atom. The summed E-state index contributed by atoms with van der Waals surface area (Å²) in [5.74, 6) is -2.40. The molecule has 4 aromatic rings. The first-order valence-corrected chi connectivity index (χ1v) is 13.6. The van der Waals surface area contributed by atoms with Crippen molar-refractivity contribution in [1.82, 2.24) is 29.5 Å². The second kappa shape index (κ2) is 13.5. The van der Waals surface area contributed by atoms with Crippen LogP contribution >= 0.6 is 34.8 Å². The molecule has 0 spiro atoms. The molecular weight excluding hydrogens is 674 g/mol. The van der Waals surface area contributed by atoms with E-state index in [0.717, 1.165) is 17.8 Å². The van der Waals surface area contributed by atoms with Gasteiger partial charge in [0.1, 0.15) is 5.02 Å². The van der Waals surface area contributed by atoms with Gasteiger partial charge in [-0.1, -0.05) is 34.8 Å². The van der Waals surface area contributed by atoms with E-state index in [1.54, 1.807) is 0 Å². The lowest BCUT2D eigenvalue weighted by Crippen LogP contribution is -2.21. The number of hydrogen-bond donors (Lipinski definition) is 2. The predicted octanol–water partition coefficient (Wildman–Crippen LogP) is 3.87. The van der Waals surface area contributed by atoms with E-state index in [1.165, 1.54) is 26.4 Å². The van der Waals surface area contributed by atoms with Crippen LogP contribution in [0.25, 0.3) is 5.78 Å². The first kappa shape index (κ1) is 33.4. The molecule has 0 aliphatic rings. The van der Waals surface area contributed by atoms with Gasteiger partial charge in [0.2, 0.25) is 23.5 Å². The molecule has 0 saturated carbocycles. The molecule has 22 heteroatoms. The third-order valence-corrected chi connectivity index (χ3v) is 7.05. The van der Waals surface area contributed by atoms with Crippen LogP contribution in [0.1, 0.15) is 5.56 Å². The van der Waals surface area contributed by atoms with Crippen molar-refractivity contribution in [3.63, 3.8) is 0 Å². The minimum Gasteiger partial charge on any atom is -0.481 e. The maximum atomic E-state index is 13.3. The van der Waals surface area contributed by atoms with Crippen molar-refractivity contribution in [2.75, 3.05) is 32.7 Å². The fourth-order valence-corrected chi connectivity index (χ4v) is 4.82. The summed E-state index contributed by atoms with van der Waals surface area (Å²) in [6.45, 7) is -0.537. The monoisotopic (exact) mass is 689 g/mol. The lowest BCUT2D eigenvalue weighted by molar-refractivity contribution is -0.140. The van der Waals surface area contributed by atoms with Crippen molar-refractivity contribution in [1.29, 1.82) is 0 Å². The van der Waals surface area contributed by atoms with Crippen molar-refractivity contribution in [3.05, 3.63) is 45.2 Å². The van der Waals surface area contributed by atoms with E-state index in [4.69, 9.17) is 58.9 Å². The SMILES string of the molecule is COc1cc(OC)n2nc(NS(=O)(=O)c3c(C(F)(F)F)ccnc3OC)nc2n1.O=C(O)COc1nc(Cl)c(Cl)cc1Cl. The molecule has 0 radical (unpaired) electrons. The molecule has 232 valence electrons. The first-order valence-electron chi connectivity index (χ1n) is 11.0. The van der Waals surface area contributed by atoms with E-state index in [-0.39, 0.29) is 38.6 Å². The topological polar surface area (TPSA) is 189 Å². The van der Waals surface area contributed by atoms with Crippen molar-refractivity contribution in [3.8, 4) is 23.5 Å². The van der Waals surface area contributed by atoms with E-state index in [0.29, 0.717) is 6.07 Å². The van der Waals surface area contributed by atoms with E-state index in [1.807, 2.05) is 4.72 Å². The van der Waals surface area contributed by atoms with Crippen molar-refractivity contribution >= 4 is 62.5 Å². The number of halogens is 6. The normalized spacial score (nSPS) is 11.4. The van der Waals surface area contributed by atoms with Crippen LogP contribution in [0.15, 0.2) is 29.3 Å². The van der Waals surface area contributed by atoms with E-state index in [9.17, 15) is 26.4 Å². The molecular formula is C21H17Cl3F3N7O8S. The second-order valence-corrected chi connectivity index (χ2v) is 10.3. The molecule has 4 rings (SSSR count). The summed E-state index contributed by atoms with van der Waals surface area (Å²) < 4.78 is 87.8. The summed E-state index contributed by atoms with van der Waals surface area (Å²) in [7, 11) is -1.20. The third kappa shape index (κ3) is 8.06. The lowest BCUT2D eigenvalue weighted by atomic mass is 10.2. The molecule has 0 bridgehead atoms. The molecule has 0 aromatic carbocycles. The van der Waals surface area contributed by atoms with E-state index < -0.39 is 51.1 Å². The Labute approximate surface area is 254 Å².